The van der Waals surface area contributed by atoms with E-state index in [0.29, 0.717) is 5.03 Å². The van der Waals surface area contributed by atoms with Crippen molar-refractivity contribution < 1.29 is 5.11 Å². The first-order valence-corrected chi connectivity index (χ1v) is 5.56. The average molecular weight is 255 g/mol. The quantitative estimate of drug-likeness (QED) is 0.807. The summed E-state index contributed by atoms with van der Waals surface area (Å²) in [6.07, 6.45) is 1.29. The van der Waals surface area contributed by atoms with E-state index in [9.17, 15) is 9.90 Å². The number of benzene rings is 1. The maximum atomic E-state index is 11.2. The molecule has 0 aliphatic rings. The van der Waals surface area contributed by atoms with E-state index in [1.54, 1.807) is 24.3 Å². The Morgan fingerprint density at radius 3 is 3.00 bits per heavy atom. The number of nitrogens with zero attached hydrogens (tertiary/aromatic N) is 1. The molecule has 0 saturated heterocycles. The Morgan fingerprint density at radius 2 is 2.25 bits per heavy atom. The minimum Gasteiger partial charge on any atom is -0.508 e. The zero-order valence-electron chi connectivity index (χ0n) is 7.98. The van der Waals surface area contributed by atoms with E-state index in [2.05, 4.69) is 9.97 Å². The lowest BCUT2D eigenvalue weighted by Gasteiger charge is -2.02. The summed E-state index contributed by atoms with van der Waals surface area (Å²) in [5.41, 5.74) is -0.376. The maximum absolute atomic E-state index is 11.2. The molecule has 1 aromatic heterocycles. The number of nitrogens with one attached hydrogen (secondary N) is 1. The van der Waals surface area contributed by atoms with Gasteiger partial charge in [-0.05, 0) is 18.2 Å². The Kier molecular flexibility index (Phi) is 3.17. The zero-order chi connectivity index (χ0) is 11.5. The first-order chi connectivity index (χ1) is 7.66. The van der Waals surface area contributed by atoms with Crippen LogP contribution in [0.3, 0.4) is 0 Å². The number of aromatic hydroxyl groups is 1. The molecule has 0 amide bonds. The van der Waals surface area contributed by atoms with Crippen molar-refractivity contribution in [1.82, 2.24) is 9.97 Å². The molecule has 16 heavy (non-hydrogen) atoms. The Balaban J connectivity index is 2.34. The van der Waals surface area contributed by atoms with Crippen LogP contribution in [0, 0.1) is 0 Å². The molecule has 1 heterocycles. The van der Waals surface area contributed by atoms with Crippen LogP contribution in [-0.2, 0) is 0 Å². The van der Waals surface area contributed by atoms with Crippen LogP contribution in [0.2, 0.25) is 5.02 Å². The van der Waals surface area contributed by atoms with Crippen LogP contribution in [0.4, 0.5) is 0 Å². The average Bonchev–Trinajstić information content (AvgIpc) is 2.25. The van der Waals surface area contributed by atoms with Crippen molar-refractivity contribution in [2.24, 2.45) is 0 Å². The topological polar surface area (TPSA) is 66.0 Å². The second kappa shape index (κ2) is 4.59. The van der Waals surface area contributed by atoms with Crippen molar-refractivity contribution >= 4 is 23.4 Å². The number of hydrogen-bond acceptors (Lipinski definition) is 4. The van der Waals surface area contributed by atoms with Crippen molar-refractivity contribution in [1.29, 1.82) is 0 Å². The number of aromatic nitrogens is 2. The fourth-order valence-corrected chi connectivity index (χ4v) is 2.15. The van der Waals surface area contributed by atoms with Crippen LogP contribution in [0.5, 0.6) is 5.75 Å². The van der Waals surface area contributed by atoms with Crippen LogP contribution < -0.4 is 5.56 Å². The summed E-state index contributed by atoms with van der Waals surface area (Å²) in [5.74, 6) is 0.158. The van der Waals surface area contributed by atoms with Crippen molar-refractivity contribution in [2.45, 2.75) is 9.92 Å². The zero-order valence-corrected chi connectivity index (χ0v) is 9.55. The molecule has 4 nitrogen and oxygen atoms in total. The number of H-pyrrole nitrogens is 1. The van der Waals surface area contributed by atoms with Crippen molar-refractivity contribution in [3.05, 3.63) is 46.0 Å². The van der Waals surface area contributed by atoms with Crippen LogP contribution in [-0.4, -0.2) is 15.1 Å². The highest BCUT2D eigenvalue weighted by atomic mass is 35.5. The molecule has 1 aromatic carbocycles. The lowest BCUT2D eigenvalue weighted by molar-refractivity contribution is 0.474. The van der Waals surface area contributed by atoms with Gasteiger partial charge in [0.05, 0.1) is 6.33 Å². The molecule has 0 unspecified atom stereocenters. The van der Waals surface area contributed by atoms with E-state index in [1.165, 1.54) is 18.1 Å². The number of phenols is 1. The summed E-state index contributed by atoms with van der Waals surface area (Å²) < 4.78 is 0. The van der Waals surface area contributed by atoms with E-state index < -0.39 is 0 Å². The molecule has 0 atom stereocenters. The van der Waals surface area contributed by atoms with Gasteiger partial charge in [-0.2, -0.15) is 0 Å². The van der Waals surface area contributed by atoms with Gasteiger partial charge in [0.2, 0.25) is 0 Å². The molecular formula is C10H7ClN2O2S. The van der Waals surface area contributed by atoms with E-state index in [1.807, 2.05) is 0 Å². The second-order valence-electron chi connectivity index (χ2n) is 2.95. The standard InChI is InChI=1S/C10H7ClN2O2S/c11-8-9(15)12-5-13-10(8)16-7-3-1-2-6(14)4-7/h1-5,14H,(H,12,13,15). The van der Waals surface area contributed by atoms with Crippen LogP contribution in [0.1, 0.15) is 0 Å². The summed E-state index contributed by atoms with van der Waals surface area (Å²) in [4.78, 5) is 18.3. The van der Waals surface area contributed by atoms with Crippen molar-refractivity contribution in [2.75, 3.05) is 0 Å². The summed E-state index contributed by atoms with van der Waals surface area (Å²) in [6.45, 7) is 0. The molecule has 0 saturated carbocycles. The van der Waals surface area contributed by atoms with Gasteiger partial charge in [0, 0.05) is 4.90 Å². The minimum atomic E-state index is -0.376. The van der Waals surface area contributed by atoms with Gasteiger partial charge in [0.25, 0.3) is 5.56 Å². The molecule has 82 valence electrons. The molecule has 0 spiro atoms. The Morgan fingerprint density at radius 1 is 1.44 bits per heavy atom. The third-order valence-electron chi connectivity index (χ3n) is 1.80. The molecule has 2 N–H and O–H groups in total. The maximum Gasteiger partial charge on any atom is 0.270 e. The van der Waals surface area contributed by atoms with Crippen molar-refractivity contribution in [3.63, 3.8) is 0 Å². The first-order valence-electron chi connectivity index (χ1n) is 4.37. The van der Waals surface area contributed by atoms with Crippen LogP contribution in [0.15, 0.2) is 45.3 Å². The van der Waals surface area contributed by atoms with E-state index in [-0.39, 0.29) is 16.3 Å². The van der Waals surface area contributed by atoms with Gasteiger partial charge in [-0.1, -0.05) is 29.4 Å². The van der Waals surface area contributed by atoms with E-state index in [0.717, 1.165) is 4.90 Å². The SMILES string of the molecule is O=c1[nH]cnc(Sc2cccc(O)c2)c1Cl. The normalized spacial score (nSPS) is 10.3. The van der Waals surface area contributed by atoms with E-state index in [4.69, 9.17) is 11.6 Å². The van der Waals surface area contributed by atoms with Crippen LogP contribution >= 0.6 is 23.4 Å². The molecule has 2 aromatic rings. The van der Waals surface area contributed by atoms with Gasteiger partial charge in [-0.15, -0.1) is 0 Å². The van der Waals surface area contributed by atoms with Gasteiger partial charge in [-0.3, -0.25) is 4.79 Å². The number of halogens is 1. The lowest BCUT2D eigenvalue weighted by Crippen LogP contribution is -2.07. The molecule has 0 aliphatic carbocycles. The fraction of sp³-hybridized carbons (Fsp3) is 0. The molecule has 2 rings (SSSR count). The van der Waals surface area contributed by atoms with Gasteiger partial charge >= 0.3 is 0 Å². The number of hydrogen-bond donors (Lipinski definition) is 2. The smallest absolute Gasteiger partial charge is 0.270 e. The highest BCUT2D eigenvalue weighted by Gasteiger charge is 2.07. The summed E-state index contributed by atoms with van der Waals surface area (Å²) in [5, 5.41) is 9.75. The van der Waals surface area contributed by atoms with Gasteiger partial charge in [0.1, 0.15) is 15.8 Å². The summed E-state index contributed by atoms with van der Waals surface area (Å²) in [6, 6.07) is 6.64. The van der Waals surface area contributed by atoms with Crippen molar-refractivity contribution in [3.8, 4) is 5.75 Å². The Bertz CT molecular complexity index is 571. The summed E-state index contributed by atoms with van der Waals surface area (Å²) >= 11 is 7.01. The minimum absolute atomic E-state index is 0.0517. The molecule has 6 heteroatoms. The molecular weight excluding hydrogens is 248 g/mol. The predicted molar refractivity (Wildman–Crippen MR) is 62.1 cm³/mol. The number of aromatic amines is 1. The third-order valence-corrected chi connectivity index (χ3v) is 3.25. The Hall–Kier alpha value is -1.46. The lowest BCUT2D eigenvalue weighted by atomic mass is 10.3. The van der Waals surface area contributed by atoms with Gasteiger partial charge in [-0.25, -0.2) is 4.98 Å². The molecule has 0 fully saturated rings. The largest absolute Gasteiger partial charge is 0.508 e. The molecule has 0 aliphatic heterocycles. The third kappa shape index (κ3) is 2.37. The summed E-state index contributed by atoms with van der Waals surface area (Å²) in [7, 11) is 0. The molecule has 0 bridgehead atoms. The monoisotopic (exact) mass is 254 g/mol. The highest BCUT2D eigenvalue weighted by Crippen LogP contribution is 2.30. The van der Waals surface area contributed by atoms with Gasteiger partial charge in [0.15, 0.2) is 0 Å². The predicted octanol–water partition coefficient (Wildman–Crippen LogP) is 2.28. The fourth-order valence-electron chi connectivity index (χ4n) is 1.10. The second-order valence-corrected chi connectivity index (χ2v) is 4.39. The number of phenolic OH excluding ortho intramolecular Hbond substituents is 1. The van der Waals surface area contributed by atoms with E-state index >= 15 is 0 Å². The Labute approximate surface area is 100 Å². The van der Waals surface area contributed by atoms with Gasteiger partial charge < -0.3 is 10.1 Å². The molecule has 0 radical (unpaired) electrons. The number of rotatable bonds is 2. The van der Waals surface area contributed by atoms with Crippen LogP contribution in [0.25, 0.3) is 0 Å². The first kappa shape index (κ1) is 11.0. The highest BCUT2D eigenvalue weighted by molar-refractivity contribution is 7.99.